The van der Waals surface area contributed by atoms with Crippen LogP contribution in [0.1, 0.15) is 24.1 Å². The predicted molar refractivity (Wildman–Crippen MR) is 96.2 cm³/mol. The summed E-state index contributed by atoms with van der Waals surface area (Å²) in [4.78, 5) is 11.9. The first-order chi connectivity index (χ1) is 11.0. The molecule has 2 rings (SSSR count). The molecule has 0 bridgehead atoms. The Morgan fingerprint density at radius 3 is 2.52 bits per heavy atom. The molecule has 0 unspecified atom stereocenters. The summed E-state index contributed by atoms with van der Waals surface area (Å²) >= 11 is 17.9. The Morgan fingerprint density at radius 2 is 1.83 bits per heavy atom. The molecule has 1 atom stereocenters. The van der Waals surface area contributed by atoms with Crippen molar-refractivity contribution in [2.24, 2.45) is 0 Å². The number of carbonyl (C=O) groups excluding carboxylic acids is 1. The van der Waals surface area contributed by atoms with Gasteiger partial charge in [0.1, 0.15) is 0 Å². The van der Waals surface area contributed by atoms with Crippen molar-refractivity contribution in [3.63, 3.8) is 0 Å². The van der Waals surface area contributed by atoms with E-state index in [4.69, 9.17) is 34.8 Å². The highest BCUT2D eigenvalue weighted by molar-refractivity contribution is 6.35. The van der Waals surface area contributed by atoms with Crippen LogP contribution in [0.5, 0.6) is 0 Å². The molecule has 0 saturated carbocycles. The fourth-order valence-corrected chi connectivity index (χ4v) is 2.73. The molecule has 0 spiro atoms. The second kappa shape index (κ2) is 8.55. The maximum Gasteiger partial charge on any atom is 0.234 e. The van der Waals surface area contributed by atoms with Crippen molar-refractivity contribution in [1.82, 2.24) is 10.6 Å². The Hall–Kier alpha value is -1.26. The molecule has 122 valence electrons. The molecule has 0 aliphatic rings. The molecule has 0 aliphatic heterocycles. The van der Waals surface area contributed by atoms with Gasteiger partial charge in [-0.1, -0.05) is 53.0 Å². The van der Waals surface area contributed by atoms with E-state index < -0.39 is 0 Å². The summed E-state index contributed by atoms with van der Waals surface area (Å²) < 4.78 is 0. The summed E-state index contributed by atoms with van der Waals surface area (Å²) in [5.41, 5.74) is 1.86. The van der Waals surface area contributed by atoms with Crippen LogP contribution >= 0.6 is 34.8 Å². The van der Waals surface area contributed by atoms with Gasteiger partial charge in [-0.25, -0.2) is 0 Å². The van der Waals surface area contributed by atoms with Crippen molar-refractivity contribution in [1.29, 1.82) is 0 Å². The monoisotopic (exact) mass is 370 g/mol. The lowest BCUT2D eigenvalue weighted by atomic mass is 10.1. The molecule has 2 aromatic carbocycles. The molecule has 0 heterocycles. The number of hydrogen-bond donors (Lipinski definition) is 2. The van der Waals surface area contributed by atoms with Gasteiger partial charge in [0, 0.05) is 27.7 Å². The lowest BCUT2D eigenvalue weighted by molar-refractivity contribution is -0.120. The van der Waals surface area contributed by atoms with Crippen LogP contribution in [0.15, 0.2) is 42.5 Å². The van der Waals surface area contributed by atoms with Crippen LogP contribution in [0, 0.1) is 0 Å². The number of benzene rings is 2. The lowest BCUT2D eigenvalue weighted by Gasteiger charge is -2.14. The highest BCUT2D eigenvalue weighted by Gasteiger charge is 2.09. The molecule has 23 heavy (non-hydrogen) atoms. The fourth-order valence-electron chi connectivity index (χ4n) is 2.06. The fraction of sp³-hybridized carbons (Fsp3) is 0.235. The lowest BCUT2D eigenvalue weighted by Crippen LogP contribution is -2.34. The van der Waals surface area contributed by atoms with Crippen LogP contribution in [0.4, 0.5) is 0 Å². The maximum atomic E-state index is 11.9. The molecule has 0 aliphatic carbocycles. The Labute approximate surface area is 150 Å². The normalized spacial score (nSPS) is 12.0. The standard InChI is InChI=1S/C17H17Cl3N2O/c1-11(12-3-2-4-14(18)7-12)21-10-17(23)22-9-13-5-6-15(19)8-16(13)20/h2-8,11,21H,9-10H2,1H3,(H,22,23)/t11-/m1/s1. The summed E-state index contributed by atoms with van der Waals surface area (Å²) in [6.45, 7) is 2.55. The maximum absolute atomic E-state index is 11.9. The van der Waals surface area contributed by atoms with Crippen LogP contribution in [-0.2, 0) is 11.3 Å². The van der Waals surface area contributed by atoms with Crippen molar-refractivity contribution in [3.8, 4) is 0 Å². The minimum atomic E-state index is -0.107. The summed E-state index contributed by atoms with van der Waals surface area (Å²) in [5.74, 6) is -0.107. The largest absolute Gasteiger partial charge is 0.351 e. The topological polar surface area (TPSA) is 41.1 Å². The zero-order valence-corrected chi connectivity index (χ0v) is 14.8. The Morgan fingerprint density at radius 1 is 1.09 bits per heavy atom. The van der Waals surface area contributed by atoms with E-state index in [0.29, 0.717) is 21.6 Å². The van der Waals surface area contributed by atoms with Gasteiger partial charge < -0.3 is 10.6 Å². The van der Waals surface area contributed by atoms with Gasteiger partial charge in [-0.05, 0) is 42.3 Å². The molecular weight excluding hydrogens is 355 g/mol. The van der Waals surface area contributed by atoms with Gasteiger partial charge in [0.05, 0.1) is 6.54 Å². The first-order valence-electron chi connectivity index (χ1n) is 7.15. The number of amides is 1. The Kier molecular flexibility index (Phi) is 6.72. The van der Waals surface area contributed by atoms with Crippen LogP contribution in [0.3, 0.4) is 0 Å². The SMILES string of the molecule is C[C@@H](NCC(=O)NCc1ccc(Cl)cc1Cl)c1cccc(Cl)c1. The Bertz CT molecular complexity index is 691. The van der Waals surface area contributed by atoms with Gasteiger partial charge in [0.15, 0.2) is 0 Å². The highest BCUT2D eigenvalue weighted by atomic mass is 35.5. The van der Waals surface area contributed by atoms with E-state index in [2.05, 4.69) is 10.6 Å². The van der Waals surface area contributed by atoms with Gasteiger partial charge in [0.25, 0.3) is 0 Å². The summed E-state index contributed by atoms with van der Waals surface area (Å²) in [7, 11) is 0. The predicted octanol–water partition coefficient (Wildman–Crippen LogP) is 4.61. The van der Waals surface area contributed by atoms with Crippen LogP contribution in [0.2, 0.25) is 15.1 Å². The molecule has 6 heteroatoms. The van der Waals surface area contributed by atoms with E-state index in [0.717, 1.165) is 11.1 Å². The zero-order valence-electron chi connectivity index (χ0n) is 12.6. The molecular formula is C17H17Cl3N2O. The summed E-state index contributed by atoms with van der Waals surface area (Å²) in [6.07, 6.45) is 0. The highest BCUT2D eigenvalue weighted by Crippen LogP contribution is 2.20. The van der Waals surface area contributed by atoms with E-state index in [1.807, 2.05) is 31.2 Å². The number of rotatable bonds is 6. The summed E-state index contributed by atoms with van der Waals surface area (Å²) in [6, 6.07) is 12.8. The van der Waals surface area contributed by atoms with Crippen molar-refractivity contribution in [2.75, 3.05) is 6.54 Å². The van der Waals surface area contributed by atoms with Gasteiger partial charge in [-0.3, -0.25) is 4.79 Å². The first-order valence-corrected chi connectivity index (χ1v) is 8.28. The third-order valence-corrected chi connectivity index (χ3v) is 4.23. The van der Waals surface area contributed by atoms with Gasteiger partial charge >= 0.3 is 0 Å². The van der Waals surface area contributed by atoms with Gasteiger partial charge in [-0.2, -0.15) is 0 Å². The van der Waals surface area contributed by atoms with Crippen molar-refractivity contribution in [2.45, 2.75) is 19.5 Å². The second-order valence-corrected chi connectivity index (χ2v) is 6.45. The molecule has 3 nitrogen and oxygen atoms in total. The molecule has 2 aromatic rings. The first kappa shape index (κ1) is 18.1. The van der Waals surface area contributed by atoms with E-state index in [-0.39, 0.29) is 18.5 Å². The molecule has 2 N–H and O–H groups in total. The second-order valence-electron chi connectivity index (χ2n) is 5.17. The molecule has 0 radical (unpaired) electrons. The van der Waals surface area contributed by atoms with Gasteiger partial charge in [-0.15, -0.1) is 0 Å². The Balaban J connectivity index is 1.81. The van der Waals surface area contributed by atoms with Crippen molar-refractivity contribution >= 4 is 40.7 Å². The average molecular weight is 372 g/mol. The third kappa shape index (κ3) is 5.70. The van der Waals surface area contributed by atoms with Crippen LogP contribution in [0.25, 0.3) is 0 Å². The van der Waals surface area contributed by atoms with Crippen molar-refractivity contribution in [3.05, 3.63) is 68.7 Å². The van der Waals surface area contributed by atoms with Gasteiger partial charge in [0.2, 0.25) is 5.91 Å². The molecule has 1 amide bonds. The third-order valence-electron chi connectivity index (χ3n) is 3.41. The number of halogens is 3. The van der Waals surface area contributed by atoms with E-state index in [1.165, 1.54) is 0 Å². The smallest absolute Gasteiger partial charge is 0.234 e. The minimum Gasteiger partial charge on any atom is -0.351 e. The number of nitrogens with one attached hydrogen (secondary N) is 2. The average Bonchev–Trinajstić information content (AvgIpc) is 2.51. The van der Waals surface area contributed by atoms with E-state index >= 15 is 0 Å². The molecule has 0 fully saturated rings. The minimum absolute atomic E-state index is 0.0265. The van der Waals surface area contributed by atoms with Crippen molar-refractivity contribution < 1.29 is 4.79 Å². The summed E-state index contributed by atoms with van der Waals surface area (Å²) in [5, 5.41) is 7.77. The molecule has 0 saturated heterocycles. The van der Waals surface area contributed by atoms with Crippen LogP contribution < -0.4 is 10.6 Å². The number of hydrogen-bond acceptors (Lipinski definition) is 2. The van der Waals surface area contributed by atoms with Crippen LogP contribution in [-0.4, -0.2) is 12.5 Å². The quantitative estimate of drug-likeness (QED) is 0.778. The molecule has 0 aromatic heterocycles. The van der Waals surface area contributed by atoms with E-state index in [9.17, 15) is 4.79 Å². The number of carbonyl (C=O) groups is 1. The van der Waals surface area contributed by atoms with E-state index in [1.54, 1.807) is 18.2 Å². The zero-order chi connectivity index (χ0) is 16.8.